The van der Waals surface area contributed by atoms with Gasteiger partial charge in [-0.15, -0.1) is 0 Å². The number of sulfonamides is 1. The first-order valence-corrected chi connectivity index (χ1v) is 13.1. The van der Waals surface area contributed by atoms with Crippen LogP contribution in [0.25, 0.3) is 0 Å². The number of rotatable bonds is 5. The maximum atomic E-state index is 13.6. The van der Waals surface area contributed by atoms with Crippen molar-refractivity contribution in [1.29, 1.82) is 0 Å². The summed E-state index contributed by atoms with van der Waals surface area (Å²) in [6.07, 6.45) is 2.85. The molecule has 1 amide bonds. The molecule has 34 heavy (non-hydrogen) atoms. The fraction of sp³-hybridized carbons (Fsp3) is 0.480. The van der Waals surface area contributed by atoms with Gasteiger partial charge in [-0.05, 0) is 49.1 Å². The molecule has 1 aliphatic carbocycles. The Morgan fingerprint density at radius 1 is 1.09 bits per heavy atom. The van der Waals surface area contributed by atoms with Crippen LogP contribution in [-0.2, 0) is 21.4 Å². The van der Waals surface area contributed by atoms with E-state index >= 15 is 0 Å². The second-order valence-corrected chi connectivity index (χ2v) is 11.6. The molecule has 5 rings (SSSR count). The number of para-hydroxylation sites is 1. The summed E-state index contributed by atoms with van der Waals surface area (Å²) in [6.45, 7) is 1.06. The van der Waals surface area contributed by atoms with Gasteiger partial charge < -0.3 is 19.5 Å². The number of likely N-dealkylation sites (tertiary alicyclic amines) is 1. The predicted molar refractivity (Wildman–Crippen MR) is 125 cm³/mol. The average molecular weight is 487 g/mol. The summed E-state index contributed by atoms with van der Waals surface area (Å²) >= 11 is 0. The zero-order chi connectivity index (χ0) is 24.0. The molecular formula is C25H30N2O6S. The highest BCUT2D eigenvalue weighted by molar-refractivity contribution is 7.89. The summed E-state index contributed by atoms with van der Waals surface area (Å²) in [5, 5.41) is 10.5. The molecule has 1 saturated carbocycles. The summed E-state index contributed by atoms with van der Waals surface area (Å²) in [7, 11) is -2.24. The molecule has 1 saturated heterocycles. The van der Waals surface area contributed by atoms with Gasteiger partial charge in [-0.25, -0.2) is 8.42 Å². The minimum Gasteiger partial charge on any atom is -0.497 e. The lowest BCUT2D eigenvalue weighted by Crippen LogP contribution is -2.50. The number of carbonyl (C=O) groups excluding carboxylic acids is 1. The van der Waals surface area contributed by atoms with Crippen LogP contribution in [0.4, 0.5) is 0 Å². The second kappa shape index (κ2) is 8.55. The van der Waals surface area contributed by atoms with Crippen LogP contribution in [0.5, 0.6) is 11.5 Å². The second-order valence-electron chi connectivity index (χ2n) is 9.67. The van der Waals surface area contributed by atoms with Crippen molar-refractivity contribution in [2.45, 2.75) is 54.7 Å². The molecule has 2 aromatic carbocycles. The minimum atomic E-state index is -3.82. The summed E-state index contributed by atoms with van der Waals surface area (Å²) in [6, 6.07) is 14.0. The molecule has 0 bridgehead atoms. The highest BCUT2D eigenvalue weighted by atomic mass is 32.2. The molecule has 8 nitrogen and oxygen atoms in total. The van der Waals surface area contributed by atoms with Gasteiger partial charge in [-0.2, -0.15) is 4.31 Å². The molecule has 1 N–H and O–H groups in total. The van der Waals surface area contributed by atoms with Crippen molar-refractivity contribution in [1.82, 2.24) is 9.21 Å². The average Bonchev–Trinajstić information content (AvgIpc) is 3.18. The molecule has 2 aromatic rings. The number of aliphatic hydroxyl groups is 1. The number of amides is 1. The number of carbonyl (C=O) groups is 1. The third-order valence-corrected chi connectivity index (χ3v) is 9.04. The molecular weight excluding hydrogens is 456 g/mol. The Morgan fingerprint density at radius 3 is 2.50 bits per heavy atom. The SMILES string of the molecule is COc1ccc(CN2C[C@@]3(CCN(C(=O)CC4(O)CCC4)C3)Oc3ccccc3S2(=O)=O)cc1. The van der Waals surface area contributed by atoms with Gasteiger partial charge in [0.15, 0.2) is 0 Å². The van der Waals surface area contributed by atoms with Crippen LogP contribution in [-0.4, -0.2) is 66.6 Å². The molecule has 1 atom stereocenters. The number of hydrogen-bond donors (Lipinski definition) is 1. The predicted octanol–water partition coefficient (Wildman–Crippen LogP) is 2.55. The van der Waals surface area contributed by atoms with E-state index in [0.29, 0.717) is 37.3 Å². The molecule has 9 heteroatoms. The first-order chi connectivity index (χ1) is 16.2. The Kier molecular flexibility index (Phi) is 5.82. The number of hydrogen-bond acceptors (Lipinski definition) is 6. The Hall–Kier alpha value is -2.62. The molecule has 0 unspecified atom stereocenters. The van der Waals surface area contributed by atoms with Crippen molar-refractivity contribution >= 4 is 15.9 Å². The van der Waals surface area contributed by atoms with Crippen molar-refractivity contribution in [3.8, 4) is 11.5 Å². The van der Waals surface area contributed by atoms with E-state index in [0.717, 1.165) is 12.0 Å². The van der Waals surface area contributed by atoms with Crippen LogP contribution < -0.4 is 9.47 Å². The van der Waals surface area contributed by atoms with Gasteiger partial charge in [0.2, 0.25) is 15.9 Å². The van der Waals surface area contributed by atoms with Gasteiger partial charge in [-0.1, -0.05) is 24.3 Å². The lowest BCUT2D eigenvalue weighted by atomic mass is 9.77. The topological polar surface area (TPSA) is 96.4 Å². The first-order valence-electron chi connectivity index (χ1n) is 11.6. The highest BCUT2D eigenvalue weighted by Crippen LogP contribution is 2.40. The maximum absolute atomic E-state index is 13.6. The molecule has 0 aromatic heterocycles. The summed E-state index contributed by atoms with van der Waals surface area (Å²) < 4.78 is 40.4. The number of benzene rings is 2. The molecule has 182 valence electrons. The van der Waals surface area contributed by atoms with Crippen LogP contribution in [0.2, 0.25) is 0 Å². The van der Waals surface area contributed by atoms with E-state index in [-0.39, 0.29) is 36.9 Å². The van der Waals surface area contributed by atoms with Crippen LogP contribution >= 0.6 is 0 Å². The van der Waals surface area contributed by atoms with Crippen molar-refractivity contribution in [2.75, 3.05) is 26.7 Å². The van der Waals surface area contributed by atoms with Gasteiger partial charge >= 0.3 is 0 Å². The van der Waals surface area contributed by atoms with E-state index < -0.39 is 21.2 Å². The molecule has 1 spiro atoms. The van der Waals surface area contributed by atoms with E-state index in [9.17, 15) is 18.3 Å². The number of ether oxygens (including phenoxy) is 2. The Labute approximate surface area is 200 Å². The fourth-order valence-corrected chi connectivity index (χ4v) is 6.68. The number of methoxy groups -OCH3 is 1. The highest BCUT2D eigenvalue weighted by Gasteiger charge is 2.49. The summed E-state index contributed by atoms with van der Waals surface area (Å²) in [4.78, 5) is 14.8. The molecule has 0 radical (unpaired) electrons. The Balaban J connectivity index is 1.43. The Bertz CT molecular complexity index is 1180. The number of fused-ring (bicyclic) bond motifs is 1. The smallest absolute Gasteiger partial charge is 0.247 e. The Morgan fingerprint density at radius 2 is 1.82 bits per heavy atom. The molecule has 2 aliphatic heterocycles. The van der Waals surface area contributed by atoms with E-state index in [4.69, 9.17) is 9.47 Å². The number of nitrogens with zero attached hydrogens (tertiary/aromatic N) is 2. The third kappa shape index (κ3) is 4.28. The van der Waals surface area contributed by atoms with Crippen LogP contribution in [0, 0.1) is 0 Å². The van der Waals surface area contributed by atoms with Crippen molar-refractivity contribution in [3.63, 3.8) is 0 Å². The maximum Gasteiger partial charge on any atom is 0.247 e. The van der Waals surface area contributed by atoms with Crippen molar-refractivity contribution < 1.29 is 27.8 Å². The van der Waals surface area contributed by atoms with Gasteiger partial charge in [0.25, 0.3) is 0 Å². The van der Waals surface area contributed by atoms with Gasteiger partial charge in [0.05, 0.1) is 32.2 Å². The quantitative estimate of drug-likeness (QED) is 0.698. The minimum absolute atomic E-state index is 0.105. The fourth-order valence-electron chi connectivity index (χ4n) is 5.06. The first kappa shape index (κ1) is 23.1. The standard InChI is InChI=1S/C25H30N2O6S/c1-32-20-9-7-19(8-10-20)16-27-18-25(33-21-5-2-3-6-22(21)34(27,30)31)13-14-26(17-25)23(28)15-24(29)11-4-12-24/h2-3,5-10,29H,4,11-18H2,1H3/t25-/m0/s1. The zero-order valence-electron chi connectivity index (χ0n) is 19.3. The van der Waals surface area contributed by atoms with E-state index in [2.05, 4.69) is 0 Å². The summed E-state index contributed by atoms with van der Waals surface area (Å²) in [5.41, 5.74) is -0.922. The largest absolute Gasteiger partial charge is 0.497 e. The molecule has 3 aliphatic rings. The lowest BCUT2D eigenvalue weighted by molar-refractivity contribution is -0.140. The van der Waals surface area contributed by atoms with E-state index in [1.54, 1.807) is 48.4 Å². The van der Waals surface area contributed by atoms with Crippen LogP contribution in [0.1, 0.15) is 37.7 Å². The lowest BCUT2D eigenvalue weighted by Gasteiger charge is -2.37. The summed E-state index contributed by atoms with van der Waals surface area (Å²) in [5.74, 6) is 0.905. The monoisotopic (exact) mass is 486 g/mol. The van der Waals surface area contributed by atoms with Crippen molar-refractivity contribution in [2.24, 2.45) is 0 Å². The molecule has 2 fully saturated rings. The molecule has 2 heterocycles. The normalized spacial score (nSPS) is 25.2. The third-order valence-electron chi connectivity index (χ3n) is 7.21. The van der Waals surface area contributed by atoms with Crippen molar-refractivity contribution in [3.05, 3.63) is 54.1 Å². The van der Waals surface area contributed by atoms with E-state index in [1.807, 2.05) is 12.1 Å². The zero-order valence-corrected chi connectivity index (χ0v) is 20.1. The van der Waals surface area contributed by atoms with Crippen LogP contribution in [0.15, 0.2) is 53.4 Å². The van der Waals surface area contributed by atoms with E-state index in [1.165, 1.54) is 4.31 Å². The van der Waals surface area contributed by atoms with Gasteiger partial charge in [0, 0.05) is 19.5 Å². The van der Waals surface area contributed by atoms with Crippen LogP contribution in [0.3, 0.4) is 0 Å². The van der Waals surface area contributed by atoms with Gasteiger partial charge in [0.1, 0.15) is 22.0 Å². The van der Waals surface area contributed by atoms with Gasteiger partial charge in [-0.3, -0.25) is 4.79 Å².